The molecule has 0 aromatic heterocycles. The summed E-state index contributed by atoms with van der Waals surface area (Å²) in [6.45, 7) is 1.73. The highest BCUT2D eigenvalue weighted by Gasteiger charge is 2.55. The first-order valence-electron chi connectivity index (χ1n) is 6.21. The number of methoxy groups -OCH3 is 1. The monoisotopic (exact) mass is 370 g/mol. The Balaban J connectivity index is 3.25. The number of aliphatic hydroxyl groups is 2. The first kappa shape index (κ1) is 18.3. The fraction of sp³-hybridized carbons (Fsp3) is 0.571. The Morgan fingerprint density at radius 2 is 1.81 bits per heavy atom. The molecule has 1 aromatic rings. The number of hydrogen-bond donors (Lipinski definition) is 2. The zero-order chi connectivity index (χ0) is 16.5. The maximum absolute atomic E-state index is 13.0. The van der Waals surface area contributed by atoms with Gasteiger partial charge in [0.05, 0.1) is 13.7 Å². The molecule has 7 heteroatoms. The predicted octanol–water partition coefficient (Wildman–Crippen LogP) is 3.41. The maximum Gasteiger partial charge on any atom is 0.419 e. The van der Waals surface area contributed by atoms with E-state index in [1.54, 1.807) is 32.0 Å². The van der Waals surface area contributed by atoms with E-state index in [-0.39, 0.29) is 0 Å². The largest absolute Gasteiger partial charge is 0.496 e. The Labute approximate surface area is 129 Å². The fourth-order valence-electron chi connectivity index (χ4n) is 2.28. The molecule has 0 bridgehead atoms. The minimum Gasteiger partial charge on any atom is -0.496 e. The Kier molecular flexibility index (Phi) is 5.34. The van der Waals surface area contributed by atoms with Crippen molar-refractivity contribution in [2.45, 2.75) is 37.5 Å². The van der Waals surface area contributed by atoms with Gasteiger partial charge in [-0.15, -0.1) is 0 Å². The quantitative estimate of drug-likeness (QED) is 0.834. The lowest BCUT2D eigenvalue weighted by atomic mass is 9.74. The zero-order valence-electron chi connectivity index (χ0n) is 12.0. The molecule has 0 amide bonds. The van der Waals surface area contributed by atoms with E-state index in [0.717, 1.165) is 0 Å². The van der Waals surface area contributed by atoms with Gasteiger partial charge in [-0.2, -0.15) is 13.2 Å². The number of rotatable bonds is 5. The van der Waals surface area contributed by atoms with Gasteiger partial charge in [0.2, 0.25) is 0 Å². The summed E-state index contributed by atoms with van der Waals surface area (Å²) in [5.41, 5.74) is -3.72. The van der Waals surface area contributed by atoms with E-state index >= 15 is 0 Å². The molecule has 0 saturated heterocycles. The van der Waals surface area contributed by atoms with E-state index in [1.165, 1.54) is 7.11 Å². The molecule has 0 radical (unpaired) electrons. The summed E-state index contributed by atoms with van der Waals surface area (Å²) < 4.78 is 44.7. The van der Waals surface area contributed by atoms with Gasteiger partial charge in [-0.25, -0.2) is 0 Å². The number of alkyl halides is 3. The normalized spacial score (nSPS) is 15.7. The Bertz CT molecular complexity index is 503. The summed E-state index contributed by atoms with van der Waals surface area (Å²) >= 11 is 3.26. The molecule has 1 unspecified atom stereocenters. The summed E-state index contributed by atoms with van der Waals surface area (Å²) in [5, 5.41) is 18.8. The predicted molar refractivity (Wildman–Crippen MR) is 76.4 cm³/mol. The third-order valence-electron chi connectivity index (χ3n) is 3.41. The van der Waals surface area contributed by atoms with Gasteiger partial charge in [-0.05, 0) is 30.0 Å². The Hall–Kier alpha value is -0.790. The van der Waals surface area contributed by atoms with Crippen LogP contribution in [-0.2, 0) is 5.41 Å². The van der Waals surface area contributed by atoms with Crippen molar-refractivity contribution in [3.8, 4) is 5.75 Å². The average molecular weight is 371 g/mol. The van der Waals surface area contributed by atoms with Crippen molar-refractivity contribution in [2.24, 2.45) is 0 Å². The molecule has 0 aliphatic heterocycles. The molecule has 1 rings (SSSR count). The number of aliphatic hydroxyl groups excluding tert-OH is 1. The molecule has 0 fully saturated rings. The van der Waals surface area contributed by atoms with Crippen LogP contribution >= 0.6 is 15.9 Å². The SMILES string of the molecule is COc1ccc(Br)cc1C(C)(C)CC(O)(CO)C(F)(F)F. The number of halogens is 4. The molecule has 0 spiro atoms. The van der Waals surface area contributed by atoms with Gasteiger partial charge in [-0.1, -0.05) is 29.8 Å². The highest BCUT2D eigenvalue weighted by atomic mass is 79.9. The van der Waals surface area contributed by atoms with Crippen molar-refractivity contribution in [1.29, 1.82) is 0 Å². The molecule has 1 aromatic carbocycles. The summed E-state index contributed by atoms with van der Waals surface area (Å²) in [6, 6.07) is 4.99. The minimum atomic E-state index is -4.92. The van der Waals surface area contributed by atoms with Crippen molar-refractivity contribution < 1.29 is 28.1 Å². The molecule has 0 aliphatic rings. The van der Waals surface area contributed by atoms with Gasteiger partial charge in [0.25, 0.3) is 0 Å². The lowest BCUT2D eigenvalue weighted by Crippen LogP contribution is -2.52. The van der Waals surface area contributed by atoms with Crippen LogP contribution in [0.3, 0.4) is 0 Å². The second kappa shape index (κ2) is 6.14. The topological polar surface area (TPSA) is 49.7 Å². The van der Waals surface area contributed by atoms with Gasteiger partial charge >= 0.3 is 6.18 Å². The smallest absolute Gasteiger partial charge is 0.419 e. The number of ether oxygens (including phenoxy) is 1. The average Bonchev–Trinajstić information content (AvgIpc) is 2.36. The van der Waals surface area contributed by atoms with Crippen LogP contribution < -0.4 is 4.74 Å². The van der Waals surface area contributed by atoms with Crippen LogP contribution in [0.1, 0.15) is 25.8 Å². The van der Waals surface area contributed by atoms with Crippen LogP contribution in [0.15, 0.2) is 22.7 Å². The summed E-state index contributed by atoms with van der Waals surface area (Å²) in [4.78, 5) is 0. The highest BCUT2D eigenvalue weighted by molar-refractivity contribution is 9.10. The Morgan fingerprint density at radius 3 is 2.24 bits per heavy atom. The van der Waals surface area contributed by atoms with Gasteiger partial charge in [0, 0.05) is 10.0 Å². The summed E-state index contributed by atoms with van der Waals surface area (Å²) in [5.74, 6) is 0.422. The van der Waals surface area contributed by atoms with Crippen molar-refractivity contribution in [3.05, 3.63) is 28.2 Å². The first-order valence-corrected chi connectivity index (χ1v) is 7.00. The third-order valence-corrected chi connectivity index (χ3v) is 3.91. The van der Waals surface area contributed by atoms with Crippen LogP contribution in [0, 0.1) is 0 Å². The number of hydrogen-bond acceptors (Lipinski definition) is 3. The van der Waals surface area contributed by atoms with E-state index in [1.807, 2.05) is 0 Å². The second-order valence-corrected chi connectivity index (χ2v) is 6.51. The van der Waals surface area contributed by atoms with E-state index in [9.17, 15) is 18.3 Å². The van der Waals surface area contributed by atoms with Crippen LogP contribution in [0.25, 0.3) is 0 Å². The molecule has 1 atom stereocenters. The van der Waals surface area contributed by atoms with Crippen molar-refractivity contribution in [3.63, 3.8) is 0 Å². The van der Waals surface area contributed by atoms with Crippen molar-refractivity contribution >= 4 is 15.9 Å². The lowest BCUT2D eigenvalue weighted by Gasteiger charge is -2.37. The molecule has 3 nitrogen and oxygen atoms in total. The summed E-state index contributed by atoms with van der Waals surface area (Å²) in [6.07, 6.45) is -5.61. The van der Waals surface area contributed by atoms with E-state index < -0.39 is 30.2 Å². The van der Waals surface area contributed by atoms with Crippen molar-refractivity contribution in [2.75, 3.05) is 13.7 Å². The molecule has 21 heavy (non-hydrogen) atoms. The summed E-state index contributed by atoms with van der Waals surface area (Å²) in [7, 11) is 1.42. The molecular weight excluding hydrogens is 353 g/mol. The van der Waals surface area contributed by atoms with Crippen LogP contribution in [0.5, 0.6) is 5.75 Å². The van der Waals surface area contributed by atoms with Crippen molar-refractivity contribution in [1.82, 2.24) is 0 Å². The zero-order valence-corrected chi connectivity index (χ0v) is 13.5. The van der Waals surface area contributed by atoms with Gasteiger partial charge < -0.3 is 14.9 Å². The Morgan fingerprint density at radius 1 is 1.24 bits per heavy atom. The second-order valence-electron chi connectivity index (χ2n) is 5.59. The number of benzene rings is 1. The molecule has 0 heterocycles. The molecular formula is C14H18BrF3O3. The molecule has 0 saturated carbocycles. The van der Waals surface area contributed by atoms with Crippen LogP contribution in [0.4, 0.5) is 13.2 Å². The minimum absolute atomic E-state index is 0.422. The van der Waals surface area contributed by atoms with E-state index in [0.29, 0.717) is 15.8 Å². The highest BCUT2D eigenvalue weighted by Crippen LogP contribution is 2.43. The molecule has 0 aliphatic carbocycles. The molecule has 2 N–H and O–H groups in total. The first-order chi connectivity index (χ1) is 9.47. The molecule has 120 valence electrons. The standard InChI is InChI=1S/C14H18BrF3O3/c1-12(2,7-13(20,8-19)14(16,17)18)10-6-9(15)4-5-11(10)21-3/h4-6,19-20H,7-8H2,1-3H3. The maximum atomic E-state index is 13.0. The van der Waals surface area contributed by atoms with Gasteiger partial charge in [0.15, 0.2) is 5.60 Å². The van der Waals surface area contributed by atoms with Gasteiger partial charge in [0.1, 0.15) is 5.75 Å². The fourth-order valence-corrected chi connectivity index (χ4v) is 2.64. The van der Waals surface area contributed by atoms with Gasteiger partial charge in [-0.3, -0.25) is 0 Å². The third kappa shape index (κ3) is 3.90. The van der Waals surface area contributed by atoms with E-state index in [4.69, 9.17) is 9.84 Å². The van der Waals surface area contributed by atoms with Crippen LogP contribution in [0.2, 0.25) is 0 Å². The lowest BCUT2D eigenvalue weighted by molar-refractivity contribution is -0.277. The van der Waals surface area contributed by atoms with Crippen LogP contribution in [-0.4, -0.2) is 35.7 Å². The van der Waals surface area contributed by atoms with E-state index in [2.05, 4.69) is 15.9 Å².